The van der Waals surface area contributed by atoms with Gasteiger partial charge in [-0.05, 0) is 57.9 Å². The van der Waals surface area contributed by atoms with Crippen LogP contribution >= 0.6 is 31.9 Å². The van der Waals surface area contributed by atoms with Crippen LogP contribution in [-0.2, 0) is 25.6 Å². The molecule has 0 aliphatic heterocycles. The van der Waals surface area contributed by atoms with E-state index in [1.165, 1.54) is 12.1 Å². The number of benzene rings is 2. The molecule has 0 saturated heterocycles. The minimum atomic E-state index is -5.08. The van der Waals surface area contributed by atoms with Crippen molar-refractivity contribution < 1.29 is 40.4 Å². The normalized spacial score (nSPS) is 11.2. The molecule has 34 heavy (non-hydrogen) atoms. The molecule has 0 unspecified atom stereocenters. The number of aliphatic carboxylic acids is 1. The van der Waals surface area contributed by atoms with E-state index in [1.54, 1.807) is 18.2 Å². The number of halogens is 5. The Bertz CT molecular complexity index is 1090. The number of aliphatic imine (C=N–C) groups is 1. The Labute approximate surface area is 210 Å². The minimum Gasteiger partial charge on any atom is -0.492 e. The Kier molecular flexibility index (Phi) is 11.8. The van der Waals surface area contributed by atoms with E-state index >= 15 is 0 Å². The van der Waals surface area contributed by atoms with Crippen LogP contribution in [0.1, 0.15) is 12.0 Å². The summed E-state index contributed by atoms with van der Waals surface area (Å²) in [4.78, 5) is 13.0. The van der Waals surface area contributed by atoms with Crippen molar-refractivity contribution in [2.75, 3.05) is 13.2 Å². The van der Waals surface area contributed by atoms with Gasteiger partial charge in [0.05, 0.1) is 29.1 Å². The van der Waals surface area contributed by atoms with Crippen molar-refractivity contribution in [1.82, 2.24) is 0 Å². The summed E-state index contributed by atoms with van der Waals surface area (Å²) in [5.74, 6) is -2.09. The second-order valence-corrected chi connectivity index (χ2v) is 9.63. The smallest absolute Gasteiger partial charge is 0.490 e. The summed E-state index contributed by atoms with van der Waals surface area (Å²) in [7, 11) is -3.77. The van der Waals surface area contributed by atoms with Crippen LogP contribution in [-0.4, -0.2) is 44.8 Å². The molecule has 0 radical (unpaired) electrons. The number of carbonyl (C=O) groups is 1. The maximum Gasteiger partial charge on any atom is 0.490 e. The fourth-order valence-electron chi connectivity index (χ4n) is 2.02. The molecule has 0 atom stereocenters. The van der Waals surface area contributed by atoms with Gasteiger partial charge in [-0.25, -0.2) is 9.79 Å². The van der Waals surface area contributed by atoms with Crippen LogP contribution in [0.5, 0.6) is 5.75 Å². The SMILES string of the molecule is NC(N)=NCc1ccc(OCCCOS(=O)(=O)c2ccc(Br)cc2)c(Br)c1.O=C(O)C(F)(F)F. The van der Waals surface area contributed by atoms with Gasteiger partial charge in [0.15, 0.2) is 5.96 Å². The van der Waals surface area contributed by atoms with Crippen LogP contribution in [0.25, 0.3) is 0 Å². The molecule has 0 fully saturated rings. The third kappa shape index (κ3) is 11.2. The zero-order chi connectivity index (χ0) is 25.9. The van der Waals surface area contributed by atoms with Gasteiger partial charge in [0, 0.05) is 10.9 Å². The quantitative estimate of drug-likeness (QED) is 0.163. The van der Waals surface area contributed by atoms with E-state index in [2.05, 4.69) is 36.9 Å². The van der Waals surface area contributed by atoms with Gasteiger partial charge >= 0.3 is 12.1 Å². The number of hydrogen-bond acceptors (Lipinski definition) is 6. The van der Waals surface area contributed by atoms with Crippen LogP contribution in [0.2, 0.25) is 0 Å². The Morgan fingerprint density at radius 3 is 2.15 bits per heavy atom. The highest BCUT2D eigenvalue weighted by Gasteiger charge is 2.38. The van der Waals surface area contributed by atoms with Gasteiger partial charge in [-0.15, -0.1) is 0 Å². The molecule has 0 aliphatic carbocycles. The van der Waals surface area contributed by atoms with Crippen LogP contribution in [0.3, 0.4) is 0 Å². The van der Waals surface area contributed by atoms with E-state index in [-0.39, 0.29) is 17.5 Å². The van der Waals surface area contributed by atoms with E-state index in [0.29, 0.717) is 25.3 Å². The van der Waals surface area contributed by atoms with Gasteiger partial charge < -0.3 is 21.3 Å². The first-order valence-electron chi connectivity index (χ1n) is 9.14. The van der Waals surface area contributed by atoms with Gasteiger partial charge in [-0.1, -0.05) is 22.0 Å². The first kappa shape index (κ1) is 29.7. The molecule has 15 heteroatoms. The summed E-state index contributed by atoms with van der Waals surface area (Å²) in [5, 5.41) is 7.12. The fraction of sp³-hybridized carbons (Fsp3) is 0.263. The highest BCUT2D eigenvalue weighted by Crippen LogP contribution is 2.26. The van der Waals surface area contributed by atoms with Crippen molar-refractivity contribution in [1.29, 1.82) is 0 Å². The molecule has 0 amide bonds. The number of carboxylic acids is 1. The second-order valence-electron chi connectivity index (χ2n) is 6.24. The molecule has 5 N–H and O–H groups in total. The van der Waals surface area contributed by atoms with Crippen molar-refractivity contribution in [3.8, 4) is 5.75 Å². The van der Waals surface area contributed by atoms with E-state index in [1.807, 2.05) is 12.1 Å². The van der Waals surface area contributed by atoms with Crippen molar-refractivity contribution >= 4 is 53.9 Å². The highest BCUT2D eigenvalue weighted by atomic mass is 79.9. The Morgan fingerprint density at radius 1 is 1.06 bits per heavy atom. The summed E-state index contributed by atoms with van der Waals surface area (Å²) >= 11 is 6.68. The number of guanidine groups is 1. The predicted octanol–water partition coefficient (Wildman–Crippen LogP) is 3.79. The van der Waals surface area contributed by atoms with Crippen molar-refractivity contribution in [3.05, 3.63) is 57.0 Å². The lowest BCUT2D eigenvalue weighted by molar-refractivity contribution is -0.192. The average molecular weight is 635 g/mol. The Morgan fingerprint density at radius 2 is 1.65 bits per heavy atom. The molecule has 188 valence electrons. The van der Waals surface area contributed by atoms with Crippen molar-refractivity contribution in [3.63, 3.8) is 0 Å². The molecule has 0 aromatic heterocycles. The fourth-order valence-corrected chi connectivity index (χ4v) is 3.77. The average Bonchev–Trinajstić information content (AvgIpc) is 2.73. The highest BCUT2D eigenvalue weighted by molar-refractivity contribution is 9.10. The lowest BCUT2D eigenvalue weighted by atomic mass is 10.2. The maximum absolute atomic E-state index is 12.1. The van der Waals surface area contributed by atoms with E-state index in [0.717, 1.165) is 14.5 Å². The van der Waals surface area contributed by atoms with Gasteiger partial charge in [-0.2, -0.15) is 21.6 Å². The van der Waals surface area contributed by atoms with E-state index in [9.17, 15) is 21.6 Å². The number of hydrogen-bond donors (Lipinski definition) is 3. The number of ether oxygens (including phenoxy) is 1. The molecule has 0 aliphatic rings. The minimum absolute atomic E-state index is 0.0264. The topological polar surface area (TPSA) is 154 Å². The van der Waals surface area contributed by atoms with Gasteiger partial charge in [-0.3, -0.25) is 4.18 Å². The van der Waals surface area contributed by atoms with E-state index < -0.39 is 22.3 Å². The lowest BCUT2D eigenvalue weighted by Crippen LogP contribution is -2.22. The number of nitrogens with zero attached hydrogens (tertiary/aromatic N) is 1. The van der Waals surface area contributed by atoms with Crippen LogP contribution in [0, 0.1) is 0 Å². The van der Waals surface area contributed by atoms with Gasteiger partial charge in [0.2, 0.25) is 0 Å². The first-order valence-corrected chi connectivity index (χ1v) is 12.1. The lowest BCUT2D eigenvalue weighted by Gasteiger charge is -2.10. The number of alkyl halides is 3. The summed E-state index contributed by atoms with van der Waals surface area (Å²) in [6.45, 7) is 0.712. The molecular formula is C19H20Br2F3N3O6S. The van der Waals surface area contributed by atoms with Crippen molar-refractivity contribution in [2.24, 2.45) is 16.5 Å². The Balaban J connectivity index is 0.000000718. The van der Waals surface area contributed by atoms with Crippen LogP contribution < -0.4 is 16.2 Å². The third-order valence-corrected chi connectivity index (χ3v) is 6.04. The zero-order valence-corrected chi connectivity index (χ0v) is 21.2. The second kappa shape index (κ2) is 13.5. The van der Waals surface area contributed by atoms with Crippen molar-refractivity contribution in [2.45, 2.75) is 24.0 Å². The van der Waals surface area contributed by atoms with Gasteiger partial charge in [0.25, 0.3) is 10.1 Å². The molecular weight excluding hydrogens is 615 g/mol. The van der Waals surface area contributed by atoms with Gasteiger partial charge in [0.1, 0.15) is 5.75 Å². The molecule has 9 nitrogen and oxygen atoms in total. The molecule has 2 aromatic rings. The summed E-state index contributed by atoms with van der Waals surface area (Å²) in [6.07, 6.45) is -4.67. The molecule has 0 bridgehead atoms. The standard InChI is InChI=1S/C17H19Br2N3O4S.C2HF3O2/c18-13-3-5-14(6-4-13)27(23,24)26-9-1-8-25-16-7-2-12(10-15(16)19)11-22-17(20)21;3-2(4,5)1(6)7/h2-7,10H,1,8-9,11H2,(H4,20,21,22);(H,6,7). The molecule has 0 spiro atoms. The van der Waals surface area contributed by atoms with Crippen LogP contribution in [0.4, 0.5) is 13.2 Å². The third-order valence-electron chi connectivity index (χ3n) is 3.57. The summed E-state index contributed by atoms with van der Waals surface area (Å²) < 4.78 is 68.1. The largest absolute Gasteiger partial charge is 0.492 e. The summed E-state index contributed by atoms with van der Waals surface area (Å²) in [6, 6.07) is 11.8. The number of nitrogens with two attached hydrogens (primary N) is 2. The molecule has 0 saturated carbocycles. The summed E-state index contributed by atoms with van der Waals surface area (Å²) in [5.41, 5.74) is 11.5. The monoisotopic (exact) mass is 633 g/mol. The molecule has 0 heterocycles. The van der Waals surface area contributed by atoms with E-state index in [4.69, 9.17) is 30.3 Å². The predicted molar refractivity (Wildman–Crippen MR) is 125 cm³/mol. The number of carboxylic acid groups (broad SMARTS) is 1. The molecule has 2 rings (SSSR count). The molecule has 2 aromatic carbocycles. The Hall–Kier alpha value is -2.36. The van der Waals surface area contributed by atoms with Crippen LogP contribution in [0.15, 0.2) is 61.3 Å². The zero-order valence-electron chi connectivity index (χ0n) is 17.3. The maximum atomic E-state index is 12.1. The number of rotatable bonds is 9. The first-order chi connectivity index (χ1) is 15.7.